The van der Waals surface area contributed by atoms with E-state index in [4.69, 9.17) is 9.84 Å². The molecule has 1 amide bonds. The first-order valence-electron chi connectivity index (χ1n) is 6.43. The Balaban J connectivity index is 1.93. The van der Waals surface area contributed by atoms with E-state index >= 15 is 0 Å². The van der Waals surface area contributed by atoms with Crippen molar-refractivity contribution in [2.75, 3.05) is 18.2 Å². The van der Waals surface area contributed by atoms with E-state index < -0.39 is 12.0 Å². The van der Waals surface area contributed by atoms with Gasteiger partial charge in [0.1, 0.15) is 11.8 Å². The lowest BCUT2D eigenvalue weighted by molar-refractivity contribution is -0.148. The Morgan fingerprint density at radius 1 is 1.50 bits per heavy atom. The van der Waals surface area contributed by atoms with E-state index in [1.54, 1.807) is 6.07 Å². The van der Waals surface area contributed by atoms with E-state index in [-0.39, 0.29) is 12.5 Å². The number of rotatable bonds is 5. The molecule has 0 radical (unpaired) electrons. The molecule has 0 aromatic heterocycles. The number of aliphatic carboxylic acids is 1. The summed E-state index contributed by atoms with van der Waals surface area (Å²) in [5.74, 6) is 0.234. The van der Waals surface area contributed by atoms with Crippen LogP contribution >= 0.6 is 11.8 Å². The lowest BCUT2D eigenvalue weighted by atomic mass is 10.2. The standard InChI is InChI=1S/C14H17NO4S/c1-2-10-4-3-5-11(6-10)19-7-13(16)15-9-20-8-12(15)14(17)18/h3-6,12H,2,7-9H2,1H3,(H,17,18)/t12-/m0/s1. The molecular formula is C14H17NO4S. The fraction of sp³-hybridized carbons (Fsp3) is 0.429. The highest BCUT2D eigenvalue weighted by Crippen LogP contribution is 2.21. The number of hydrogen-bond acceptors (Lipinski definition) is 4. The van der Waals surface area contributed by atoms with Crippen molar-refractivity contribution in [2.45, 2.75) is 19.4 Å². The maximum atomic E-state index is 12.0. The number of ether oxygens (including phenoxy) is 1. The van der Waals surface area contributed by atoms with Crippen LogP contribution in [0.25, 0.3) is 0 Å². The predicted octanol–water partition coefficient (Wildman–Crippen LogP) is 1.61. The van der Waals surface area contributed by atoms with Gasteiger partial charge in [-0.05, 0) is 24.1 Å². The summed E-state index contributed by atoms with van der Waals surface area (Å²) in [6, 6.07) is 6.81. The molecule has 1 heterocycles. The second kappa shape index (κ2) is 6.65. The molecule has 0 unspecified atom stereocenters. The van der Waals surface area contributed by atoms with Crippen LogP contribution in [0.1, 0.15) is 12.5 Å². The number of benzene rings is 1. The summed E-state index contributed by atoms with van der Waals surface area (Å²) in [6.45, 7) is 1.92. The molecule has 0 bridgehead atoms. The maximum absolute atomic E-state index is 12.0. The lowest BCUT2D eigenvalue weighted by Crippen LogP contribution is -2.43. The van der Waals surface area contributed by atoms with Gasteiger partial charge in [0.05, 0.1) is 5.88 Å². The van der Waals surface area contributed by atoms with Crippen molar-refractivity contribution >= 4 is 23.6 Å². The van der Waals surface area contributed by atoms with Crippen molar-refractivity contribution < 1.29 is 19.4 Å². The van der Waals surface area contributed by atoms with Crippen molar-refractivity contribution in [1.82, 2.24) is 4.90 Å². The van der Waals surface area contributed by atoms with Gasteiger partial charge in [-0.1, -0.05) is 19.1 Å². The molecule has 2 rings (SSSR count). The number of hydrogen-bond donors (Lipinski definition) is 1. The first-order chi connectivity index (χ1) is 9.61. The number of amides is 1. The van der Waals surface area contributed by atoms with Crippen LogP contribution in [0.4, 0.5) is 0 Å². The second-order valence-electron chi connectivity index (χ2n) is 4.51. The molecule has 6 heteroatoms. The minimum Gasteiger partial charge on any atom is -0.484 e. The largest absolute Gasteiger partial charge is 0.484 e. The third kappa shape index (κ3) is 3.45. The summed E-state index contributed by atoms with van der Waals surface area (Å²) in [5.41, 5.74) is 1.13. The van der Waals surface area contributed by atoms with Gasteiger partial charge >= 0.3 is 5.97 Å². The summed E-state index contributed by atoms with van der Waals surface area (Å²) >= 11 is 1.44. The highest BCUT2D eigenvalue weighted by molar-refractivity contribution is 7.99. The van der Waals surface area contributed by atoms with E-state index in [2.05, 4.69) is 0 Å². The third-order valence-electron chi connectivity index (χ3n) is 3.16. The van der Waals surface area contributed by atoms with Gasteiger partial charge in [0, 0.05) is 5.75 Å². The monoisotopic (exact) mass is 295 g/mol. The van der Waals surface area contributed by atoms with Gasteiger partial charge in [0.2, 0.25) is 0 Å². The van der Waals surface area contributed by atoms with Crippen LogP contribution in [-0.4, -0.2) is 46.2 Å². The molecule has 1 aromatic rings. The average Bonchev–Trinajstić information content (AvgIpc) is 2.94. The van der Waals surface area contributed by atoms with E-state index in [0.717, 1.165) is 12.0 Å². The van der Waals surface area contributed by atoms with Crippen LogP contribution in [0.2, 0.25) is 0 Å². The number of thioether (sulfide) groups is 1. The molecule has 1 fully saturated rings. The lowest BCUT2D eigenvalue weighted by Gasteiger charge is -2.20. The molecule has 5 nitrogen and oxygen atoms in total. The second-order valence-corrected chi connectivity index (χ2v) is 5.51. The Bertz CT molecular complexity index is 506. The molecule has 0 spiro atoms. The Morgan fingerprint density at radius 3 is 3.00 bits per heavy atom. The summed E-state index contributed by atoms with van der Waals surface area (Å²) in [7, 11) is 0. The Hall–Kier alpha value is -1.69. The smallest absolute Gasteiger partial charge is 0.327 e. The number of carbonyl (C=O) groups excluding carboxylic acids is 1. The number of nitrogens with zero attached hydrogens (tertiary/aromatic N) is 1. The van der Waals surface area contributed by atoms with Crippen LogP contribution in [-0.2, 0) is 16.0 Å². The van der Waals surface area contributed by atoms with Crippen LogP contribution in [0.3, 0.4) is 0 Å². The van der Waals surface area contributed by atoms with Gasteiger partial charge in [0.25, 0.3) is 5.91 Å². The molecule has 20 heavy (non-hydrogen) atoms. The normalized spacial score (nSPS) is 18.1. The fourth-order valence-corrected chi connectivity index (χ4v) is 3.15. The summed E-state index contributed by atoms with van der Waals surface area (Å²) in [5, 5.41) is 9.04. The minimum absolute atomic E-state index is 0.127. The molecule has 0 saturated carbocycles. The number of aryl methyl sites for hydroxylation is 1. The maximum Gasteiger partial charge on any atom is 0.327 e. The quantitative estimate of drug-likeness (QED) is 0.894. The van der Waals surface area contributed by atoms with Crippen LogP contribution in [0.15, 0.2) is 24.3 Å². The minimum atomic E-state index is -0.962. The molecule has 108 valence electrons. The van der Waals surface area contributed by atoms with Crippen LogP contribution < -0.4 is 4.74 Å². The SMILES string of the molecule is CCc1cccc(OCC(=O)N2CSC[C@H]2C(=O)O)c1. The highest BCUT2D eigenvalue weighted by atomic mass is 32.2. The van der Waals surface area contributed by atoms with E-state index in [0.29, 0.717) is 17.4 Å². The molecule has 1 N–H and O–H groups in total. The first-order valence-corrected chi connectivity index (χ1v) is 7.59. The fourth-order valence-electron chi connectivity index (χ4n) is 1.98. The van der Waals surface area contributed by atoms with E-state index in [9.17, 15) is 9.59 Å². The molecule has 1 atom stereocenters. The molecule has 0 aliphatic carbocycles. The third-order valence-corrected chi connectivity index (χ3v) is 4.17. The van der Waals surface area contributed by atoms with Gasteiger partial charge in [0.15, 0.2) is 6.61 Å². The number of carbonyl (C=O) groups is 2. The zero-order valence-electron chi connectivity index (χ0n) is 11.2. The molecule has 1 aliphatic heterocycles. The van der Waals surface area contributed by atoms with Crippen molar-refractivity contribution in [2.24, 2.45) is 0 Å². The highest BCUT2D eigenvalue weighted by Gasteiger charge is 2.34. The van der Waals surface area contributed by atoms with Gasteiger partial charge in [-0.25, -0.2) is 4.79 Å². The zero-order valence-corrected chi connectivity index (χ0v) is 12.1. The van der Waals surface area contributed by atoms with Gasteiger partial charge in [-0.15, -0.1) is 11.8 Å². The predicted molar refractivity (Wildman–Crippen MR) is 76.9 cm³/mol. The van der Waals surface area contributed by atoms with Crippen LogP contribution in [0.5, 0.6) is 5.75 Å². The number of carboxylic acid groups (broad SMARTS) is 1. The van der Waals surface area contributed by atoms with Gasteiger partial charge < -0.3 is 14.7 Å². The van der Waals surface area contributed by atoms with Crippen molar-refractivity contribution in [3.05, 3.63) is 29.8 Å². The molecule has 1 aliphatic rings. The number of carboxylic acids is 1. The first kappa shape index (κ1) is 14.7. The van der Waals surface area contributed by atoms with Crippen molar-refractivity contribution in [3.63, 3.8) is 0 Å². The van der Waals surface area contributed by atoms with E-state index in [1.165, 1.54) is 16.7 Å². The van der Waals surface area contributed by atoms with Gasteiger partial charge in [-0.3, -0.25) is 4.79 Å². The van der Waals surface area contributed by atoms with Gasteiger partial charge in [-0.2, -0.15) is 0 Å². The van der Waals surface area contributed by atoms with E-state index in [1.807, 2.05) is 25.1 Å². The topological polar surface area (TPSA) is 66.8 Å². The Labute approximate surface area is 121 Å². The Morgan fingerprint density at radius 2 is 2.30 bits per heavy atom. The molecular weight excluding hydrogens is 278 g/mol. The summed E-state index contributed by atoms with van der Waals surface area (Å²) in [4.78, 5) is 24.4. The summed E-state index contributed by atoms with van der Waals surface area (Å²) in [6.07, 6.45) is 0.898. The van der Waals surface area contributed by atoms with Crippen molar-refractivity contribution in [1.29, 1.82) is 0 Å². The van der Waals surface area contributed by atoms with Crippen LogP contribution in [0, 0.1) is 0 Å². The molecule has 1 saturated heterocycles. The average molecular weight is 295 g/mol. The summed E-state index contributed by atoms with van der Waals surface area (Å²) < 4.78 is 5.46. The molecule has 1 aromatic carbocycles. The van der Waals surface area contributed by atoms with Crippen molar-refractivity contribution in [3.8, 4) is 5.75 Å². The Kier molecular flexibility index (Phi) is 4.89. The zero-order chi connectivity index (χ0) is 14.5.